The molecule has 0 aliphatic heterocycles. The molecular weight excluding hydrogens is 685 g/mol. The number of fused-ring (bicyclic) bond motifs is 6. The molecule has 0 saturated heterocycles. The Bertz CT molecular complexity index is 3300. The molecule has 4 nitrogen and oxygen atoms in total. The van der Waals surface area contributed by atoms with Gasteiger partial charge in [-0.3, -0.25) is 0 Å². The van der Waals surface area contributed by atoms with Crippen LogP contribution in [0.1, 0.15) is 23.8 Å². The van der Waals surface area contributed by atoms with E-state index in [1.807, 2.05) is 6.07 Å². The second-order valence-corrected chi connectivity index (χ2v) is 14.8. The van der Waals surface area contributed by atoms with Gasteiger partial charge in [-0.2, -0.15) is 0 Å². The predicted molar refractivity (Wildman–Crippen MR) is 233 cm³/mol. The van der Waals surface area contributed by atoms with E-state index in [2.05, 4.69) is 192 Å². The Morgan fingerprint density at radius 1 is 0.429 bits per heavy atom. The second kappa shape index (κ2) is 12.1. The van der Waals surface area contributed by atoms with Gasteiger partial charge in [-0.15, -0.1) is 0 Å². The van der Waals surface area contributed by atoms with Gasteiger partial charge in [0.25, 0.3) is 0 Å². The molecule has 0 spiro atoms. The van der Waals surface area contributed by atoms with Gasteiger partial charge in [-0.05, 0) is 82.6 Å². The Labute approximate surface area is 323 Å². The molecule has 1 aliphatic rings. The summed E-state index contributed by atoms with van der Waals surface area (Å²) in [6.45, 7) is 0. The van der Waals surface area contributed by atoms with Gasteiger partial charge in [-0.1, -0.05) is 133 Å². The van der Waals surface area contributed by atoms with E-state index < -0.39 is 0 Å². The molecule has 1 unspecified atom stereocenters. The third-order valence-electron chi connectivity index (χ3n) is 11.7. The number of nitrogens with zero attached hydrogens (tertiary/aromatic N) is 2. The molecule has 0 amide bonds. The summed E-state index contributed by atoms with van der Waals surface area (Å²) in [7, 11) is 0. The lowest BCUT2D eigenvalue weighted by molar-refractivity contribution is 0.489. The highest BCUT2D eigenvalue weighted by Crippen LogP contribution is 2.50. The minimum atomic E-state index is -0.0308. The molecular formula is C52H34N2O2. The van der Waals surface area contributed by atoms with Crippen LogP contribution in [0.4, 0.5) is 28.4 Å². The second-order valence-electron chi connectivity index (χ2n) is 14.8. The minimum Gasteiger partial charge on any atom is -0.458 e. The molecule has 9 aromatic carbocycles. The number of furan rings is 2. The first-order chi connectivity index (χ1) is 27.8. The monoisotopic (exact) mass is 718 g/mol. The van der Waals surface area contributed by atoms with Crippen molar-refractivity contribution in [2.24, 2.45) is 0 Å². The Morgan fingerprint density at radius 3 is 1.77 bits per heavy atom. The predicted octanol–water partition coefficient (Wildman–Crippen LogP) is 15.0. The van der Waals surface area contributed by atoms with Crippen LogP contribution in [0.25, 0.3) is 71.3 Å². The van der Waals surface area contributed by atoms with Crippen molar-refractivity contribution in [3.05, 3.63) is 193 Å². The van der Waals surface area contributed by atoms with Gasteiger partial charge in [0.2, 0.25) is 0 Å². The maximum Gasteiger partial charge on any atom is 0.159 e. The third kappa shape index (κ3) is 4.53. The number of anilines is 5. The topological polar surface area (TPSA) is 32.8 Å². The van der Waals surface area contributed by atoms with Crippen molar-refractivity contribution in [1.29, 1.82) is 0 Å². The van der Waals surface area contributed by atoms with E-state index in [4.69, 9.17) is 8.83 Å². The van der Waals surface area contributed by atoms with Crippen molar-refractivity contribution >= 4 is 99.7 Å². The highest BCUT2D eigenvalue weighted by molar-refractivity contribution is 6.28. The number of hydrogen-bond donors (Lipinski definition) is 0. The SMILES string of the molecule is C1=Cc2c(oc3ccccc23)C(N(c2ccccc2)c2ccc3ccc4c(N(c5ccccc5)c5cccc6c5oc5ccccc56)ccc5ccc2c3c54)C1. The average molecular weight is 719 g/mol. The van der Waals surface area contributed by atoms with Crippen molar-refractivity contribution in [3.8, 4) is 0 Å². The number of benzene rings is 9. The largest absolute Gasteiger partial charge is 0.458 e. The Kier molecular flexibility index (Phi) is 6.72. The Morgan fingerprint density at radius 2 is 1.02 bits per heavy atom. The molecule has 1 atom stereocenters. The zero-order valence-electron chi connectivity index (χ0n) is 30.4. The summed E-state index contributed by atoms with van der Waals surface area (Å²) in [5, 5.41) is 10.7. The molecule has 2 aromatic heterocycles. The Hall–Kier alpha value is -7.30. The van der Waals surface area contributed by atoms with Crippen molar-refractivity contribution < 1.29 is 8.83 Å². The van der Waals surface area contributed by atoms with Gasteiger partial charge in [0.05, 0.1) is 17.4 Å². The number of hydrogen-bond acceptors (Lipinski definition) is 4. The summed E-state index contributed by atoms with van der Waals surface area (Å²) in [6, 6.07) is 62.9. The molecule has 1 aliphatic carbocycles. The fourth-order valence-corrected chi connectivity index (χ4v) is 9.29. The maximum absolute atomic E-state index is 6.72. The first-order valence-electron chi connectivity index (χ1n) is 19.3. The van der Waals surface area contributed by atoms with Crippen LogP contribution >= 0.6 is 0 Å². The van der Waals surface area contributed by atoms with Gasteiger partial charge in [0.15, 0.2) is 5.58 Å². The lowest BCUT2D eigenvalue weighted by Crippen LogP contribution is -2.25. The summed E-state index contributed by atoms with van der Waals surface area (Å²) < 4.78 is 13.4. The Balaban J connectivity index is 1.11. The third-order valence-corrected chi connectivity index (χ3v) is 11.7. The van der Waals surface area contributed by atoms with Gasteiger partial charge < -0.3 is 18.6 Å². The highest BCUT2D eigenvalue weighted by Gasteiger charge is 2.32. The van der Waals surface area contributed by atoms with Crippen molar-refractivity contribution in [1.82, 2.24) is 0 Å². The van der Waals surface area contributed by atoms with Crippen LogP contribution in [0.5, 0.6) is 0 Å². The van der Waals surface area contributed by atoms with E-state index in [1.165, 1.54) is 37.9 Å². The molecule has 0 fully saturated rings. The zero-order chi connectivity index (χ0) is 36.7. The summed E-state index contributed by atoms with van der Waals surface area (Å²) in [6.07, 6.45) is 5.36. The van der Waals surface area contributed by atoms with Crippen molar-refractivity contribution in [3.63, 3.8) is 0 Å². The molecule has 12 rings (SSSR count). The average Bonchev–Trinajstić information content (AvgIpc) is 3.84. The quantitative estimate of drug-likeness (QED) is 0.160. The highest BCUT2D eigenvalue weighted by atomic mass is 16.3. The van der Waals surface area contributed by atoms with Gasteiger partial charge in [-0.25, -0.2) is 0 Å². The summed E-state index contributed by atoms with van der Waals surface area (Å²) in [4.78, 5) is 4.86. The van der Waals surface area contributed by atoms with E-state index in [0.717, 1.165) is 73.5 Å². The fourth-order valence-electron chi connectivity index (χ4n) is 9.29. The van der Waals surface area contributed by atoms with E-state index in [1.54, 1.807) is 0 Å². The smallest absolute Gasteiger partial charge is 0.159 e. The number of rotatable bonds is 6. The van der Waals surface area contributed by atoms with Crippen LogP contribution in [0.3, 0.4) is 0 Å². The summed E-state index contributed by atoms with van der Waals surface area (Å²) in [5.41, 5.74) is 9.30. The molecule has 4 heteroatoms. The minimum absolute atomic E-state index is 0.0308. The van der Waals surface area contributed by atoms with Gasteiger partial charge >= 0.3 is 0 Å². The number of para-hydroxylation sites is 5. The fraction of sp³-hybridized carbons (Fsp3) is 0.0385. The van der Waals surface area contributed by atoms with Crippen LogP contribution in [-0.2, 0) is 0 Å². The molecule has 56 heavy (non-hydrogen) atoms. The molecule has 0 N–H and O–H groups in total. The van der Waals surface area contributed by atoms with Crippen molar-refractivity contribution in [2.75, 3.05) is 9.80 Å². The van der Waals surface area contributed by atoms with Crippen LogP contribution in [0.2, 0.25) is 0 Å². The van der Waals surface area contributed by atoms with Gasteiger partial charge in [0, 0.05) is 49.6 Å². The maximum atomic E-state index is 6.72. The first kappa shape index (κ1) is 31.1. The standard InChI is InChI=1S/C52H34N2O2/c1-3-13-35(14-4-1)53(45-21-11-19-39-37-17-7-9-23-47(37)55-51(39)45)43-31-27-33-26-30-42-44(32-28-34-25-29-41(43)49(33)50(34)42)54(36-15-5-2-6-16-36)46-22-12-20-40-38-18-8-10-24-48(38)56-52(40)46/h1-21,23-32,46H,22H2. The van der Waals surface area contributed by atoms with Crippen LogP contribution in [0.15, 0.2) is 191 Å². The van der Waals surface area contributed by atoms with Crippen LogP contribution < -0.4 is 9.80 Å². The molecule has 0 bridgehead atoms. The lowest BCUT2D eigenvalue weighted by Gasteiger charge is -2.35. The van der Waals surface area contributed by atoms with E-state index >= 15 is 0 Å². The van der Waals surface area contributed by atoms with E-state index in [-0.39, 0.29) is 6.04 Å². The molecule has 11 aromatic rings. The molecule has 0 radical (unpaired) electrons. The van der Waals surface area contributed by atoms with E-state index in [0.29, 0.717) is 0 Å². The first-order valence-corrected chi connectivity index (χ1v) is 19.3. The van der Waals surface area contributed by atoms with Crippen molar-refractivity contribution in [2.45, 2.75) is 12.5 Å². The lowest BCUT2D eigenvalue weighted by atomic mass is 9.90. The normalized spacial score (nSPS) is 14.1. The van der Waals surface area contributed by atoms with Crippen LogP contribution in [0, 0.1) is 0 Å². The molecule has 0 saturated carbocycles. The van der Waals surface area contributed by atoms with Crippen LogP contribution in [-0.4, -0.2) is 0 Å². The molecule has 2 heterocycles. The summed E-state index contributed by atoms with van der Waals surface area (Å²) >= 11 is 0. The molecule has 264 valence electrons. The van der Waals surface area contributed by atoms with E-state index in [9.17, 15) is 0 Å². The zero-order valence-corrected chi connectivity index (χ0v) is 30.4. The van der Waals surface area contributed by atoms with Gasteiger partial charge in [0.1, 0.15) is 16.9 Å². The summed E-state index contributed by atoms with van der Waals surface area (Å²) in [5.74, 6) is 1.00.